The molecule has 26 heavy (non-hydrogen) atoms. The molecule has 0 saturated heterocycles. The number of rotatable bonds is 5. The minimum Gasteiger partial charge on any atom is -0.496 e. The van der Waals surface area contributed by atoms with E-state index in [0.717, 1.165) is 23.1 Å². The quantitative estimate of drug-likeness (QED) is 0.437. The molecule has 0 aliphatic heterocycles. The van der Waals surface area contributed by atoms with Crippen LogP contribution in [0, 0.1) is 11.4 Å². The van der Waals surface area contributed by atoms with Crippen LogP contribution in [-0.2, 0) is 11.2 Å². The Labute approximate surface area is 156 Å². The predicted molar refractivity (Wildman–Crippen MR) is 101 cm³/mol. The molecule has 3 rings (SSSR count). The summed E-state index contributed by atoms with van der Waals surface area (Å²) in [6.07, 6.45) is 0.810. The van der Waals surface area contributed by atoms with E-state index in [1.165, 1.54) is 0 Å². The van der Waals surface area contributed by atoms with E-state index in [0.29, 0.717) is 27.2 Å². The Hall–Kier alpha value is -2.60. The molecule has 6 heteroatoms. The first-order valence-corrected chi connectivity index (χ1v) is 8.82. The van der Waals surface area contributed by atoms with Gasteiger partial charge in [0.2, 0.25) is 5.76 Å². The lowest BCUT2D eigenvalue weighted by Gasteiger charge is -2.11. The van der Waals surface area contributed by atoms with E-state index in [1.807, 2.05) is 19.1 Å². The van der Waals surface area contributed by atoms with Crippen LogP contribution in [0.4, 0.5) is 0 Å². The highest BCUT2D eigenvalue weighted by atomic mass is 32.1. The van der Waals surface area contributed by atoms with Gasteiger partial charge < -0.3 is 18.3 Å². The molecule has 0 radical (unpaired) electrons. The van der Waals surface area contributed by atoms with E-state index in [-0.39, 0.29) is 12.4 Å². The maximum atomic E-state index is 11.8. The molecule has 0 atom stereocenters. The first kappa shape index (κ1) is 18.2. The summed E-state index contributed by atoms with van der Waals surface area (Å²) in [6.45, 7) is 5.90. The second-order valence-electron chi connectivity index (χ2n) is 5.76. The van der Waals surface area contributed by atoms with Crippen molar-refractivity contribution in [2.45, 2.75) is 27.2 Å². The molecule has 2 aromatic heterocycles. The summed E-state index contributed by atoms with van der Waals surface area (Å²) in [5.41, 5.74) is 2.36. The number of ether oxygens (including phenoxy) is 2. The van der Waals surface area contributed by atoms with Crippen LogP contribution in [0.3, 0.4) is 0 Å². The third-order valence-electron chi connectivity index (χ3n) is 4.18. The molecule has 2 heterocycles. The summed E-state index contributed by atoms with van der Waals surface area (Å²) in [4.78, 5) is 11.8. The van der Waals surface area contributed by atoms with Gasteiger partial charge in [0.1, 0.15) is 22.9 Å². The fraction of sp³-hybridized carbons (Fsp3) is 0.300. The van der Waals surface area contributed by atoms with Gasteiger partial charge in [-0.25, -0.2) is 4.79 Å². The molecule has 0 amide bonds. The average Bonchev–Trinajstić information content (AvgIpc) is 3.10. The number of methoxy groups -OCH3 is 1. The summed E-state index contributed by atoms with van der Waals surface area (Å²) >= 11 is 5.70. The van der Waals surface area contributed by atoms with Gasteiger partial charge in [-0.05, 0) is 44.0 Å². The van der Waals surface area contributed by atoms with Crippen molar-refractivity contribution in [3.63, 3.8) is 0 Å². The lowest BCUT2D eigenvalue weighted by atomic mass is 10.0. The number of carbonyl (C=O) groups is 1. The minimum atomic E-state index is -0.502. The summed E-state index contributed by atoms with van der Waals surface area (Å²) < 4.78 is 22.6. The SMILES string of the molecule is CCOC(=O)c1ccc(-c2c(C)oc3cc(OC)c(CC)cc3c2=S)o1. The fourth-order valence-corrected chi connectivity index (χ4v) is 3.32. The number of aryl methyl sites for hydroxylation is 2. The molecule has 0 unspecified atom stereocenters. The molecule has 0 aliphatic rings. The minimum absolute atomic E-state index is 0.139. The molecule has 1 aromatic carbocycles. The summed E-state index contributed by atoms with van der Waals surface area (Å²) in [5, 5.41) is 0.812. The lowest BCUT2D eigenvalue weighted by molar-refractivity contribution is 0.0491. The van der Waals surface area contributed by atoms with Gasteiger partial charge in [0.05, 0.1) is 23.8 Å². The van der Waals surface area contributed by atoms with Crippen LogP contribution in [0.2, 0.25) is 0 Å². The van der Waals surface area contributed by atoms with Gasteiger partial charge in [-0.1, -0.05) is 19.1 Å². The normalized spacial score (nSPS) is 10.9. The van der Waals surface area contributed by atoms with E-state index in [9.17, 15) is 4.79 Å². The zero-order chi connectivity index (χ0) is 18.8. The summed E-state index contributed by atoms with van der Waals surface area (Å²) in [6, 6.07) is 7.12. The molecule has 136 valence electrons. The first-order chi connectivity index (χ1) is 12.5. The average molecular weight is 372 g/mol. The van der Waals surface area contributed by atoms with Gasteiger partial charge in [-0.3, -0.25) is 0 Å². The van der Waals surface area contributed by atoms with Gasteiger partial charge >= 0.3 is 5.97 Å². The molecule has 3 aromatic rings. The third-order valence-corrected chi connectivity index (χ3v) is 4.60. The Morgan fingerprint density at radius 2 is 1.96 bits per heavy atom. The van der Waals surface area contributed by atoms with Crippen LogP contribution >= 0.6 is 12.2 Å². The van der Waals surface area contributed by atoms with Crippen molar-refractivity contribution in [1.82, 2.24) is 0 Å². The van der Waals surface area contributed by atoms with Crippen molar-refractivity contribution in [3.8, 4) is 17.1 Å². The van der Waals surface area contributed by atoms with Crippen LogP contribution in [0.15, 0.2) is 33.1 Å². The number of carbonyl (C=O) groups excluding carboxylic acids is 1. The van der Waals surface area contributed by atoms with Gasteiger partial charge in [0.15, 0.2) is 0 Å². The second kappa shape index (κ2) is 7.33. The summed E-state index contributed by atoms with van der Waals surface area (Å²) in [7, 11) is 1.63. The van der Waals surface area contributed by atoms with E-state index in [4.69, 9.17) is 30.5 Å². The highest BCUT2D eigenvalue weighted by Gasteiger charge is 2.18. The van der Waals surface area contributed by atoms with Crippen molar-refractivity contribution in [1.29, 1.82) is 0 Å². The maximum Gasteiger partial charge on any atom is 0.374 e. The van der Waals surface area contributed by atoms with Gasteiger partial charge in [-0.15, -0.1) is 0 Å². The molecule has 5 nitrogen and oxygen atoms in total. The Morgan fingerprint density at radius 1 is 1.19 bits per heavy atom. The van der Waals surface area contributed by atoms with Gasteiger partial charge in [-0.2, -0.15) is 0 Å². The fourth-order valence-electron chi connectivity index (χ4n) is 2.91. The van der Waals surface area contributed by atoms with Crippen molar-refractivity contribution >= 4 is 29.2 Å². The molecular formula is C20H20O5S. The highest BCUT2D eigenvalue weighted by Crippen LogP contribution is 2.35. The lowest BCUT2D eigenvalue weighted by Crippen LogP contribution is -2.02. The second-order valence-corrected chi connectivity index (χ2v) is 6.17. The van der Waals surface area contributed by atoms with Crippen molar-refractivity contribution in [3.05, 3.63) is 45.9 Å². The van der Waals surface area contributed by atoms with Gasteiger partial charge in [0.25, 0.3) is 0 Å². The zero-order valence-corrected chi connectivity index (χ0v) is 16.0. The Kier molecular flexibility index (Phi) is 5.13. The number of hydrogen-bond donors (Lipinski definition) is 0. The first-order valence-electron chi connectivity index (χ1n) is 8.41. The molecule has 0 aliphatic carbocycles. The summed E-state index contributed by atoms with van der Waals surface area (Å²) in [5.74, 6) is 1.50. The number of hydrogen-bond acceptors (Lipinski definition) is 6. The van der Waals surface area contributed by atoms with E-state index in [1.54, 1.807) is 26.2 Å². The van der Waals surface area contributed by atoms with Crippen LogP contribution in [-0.4, -0.2) is 19.7 Å². The van der Waals surface area contributed by atoms with E-state index >= 15 is 0 Å². The topological polar surface area (TPSA) is 61.8 Å². The Morgan fingerprint density at radius 3 is 2.62 bits per heavy atom. The van der Waals surface area contributed by atoms with Crippen molar-refractivity contribution in [2.24, 2.45) is 0 Å². The van der Waals surface area contributed by atoms with Crippen molar-refractivity contribution in [2.75, 3.05) is 13.7 Å². The van der Waals surface area contributed by atoms with Crippen molar-refractivity contribution < 1.29 is 23.1 Å². The van der Waals surface area contributed by atoms with Crippen LogP contribution in [0.5, 0.6) is 5.75 Å². The van der Waals surface area contributed by atoms with Gasteiger partial charge in [0, 0.05) is 11.5 Å². The Bertz CT molecular complexity index is 1030. The number of esters is 1. The molecule has 0 spiro atoms. The largest absolute Gasteiger partial charge is 0.496 e. The molecular weight excluding hydrogens is 352 g/mol. The smallest absolute Gasteiger partial charge is 0.374 e. The molecule has 0 N–H and O–H groups in total. The monoisotopic (exact) mass is 372 g/mol. The highest BCUT2D eigenvalue weighted by molar-refractivity contribution is 7.71. The van der Waals surface area contributed by atoms with Crippen LogP contribution < -0.4 is 4.74 Å². The van der Waals surface area contributed by atoms with E-state index in [2.05, 4.69) is 6.92 Å². The molecule has 0 bridgehead atoms. The Balaban J connectivity index is 2.18. The van der Waals surface area contributed by atoms with Crippen LogP contribution in [0.1, 0.15) is 35.7 Å². The van der Waals surface area contributed by atoms with E-state index < -0.39 is 5.97 Å². The molecule has 0 saturated carbocycles. The standard InChI is InChI=1S/C20H20O5S/c1-5-12-9-13-17(10-16(12)22-4)24-11(3)18(19(13)26)14-7-8-15(25-14)20(21)23-6-2/h7-10H,5-6H2,1-4H3. The maximum absolute atomic E-state index is 11.8. The van der Waals surface area contributed by atoms with Crippen LogP contribution in [0.25, 0.3) is 22.3 Å². The third kappa shape index (κ3) is 3.12. The predicted octanol–water partition coefficient (Wildman–Crippen LogP) is 5.48. The number of fused-ring (bicyclic) bond motifs is 1. The number of benzene rings is 1. The molecule has 0 fully saturated rings. The number of furan rings is 1. The zero-order valence-electron chi connectivity index (χ0n) is 15.2.